The van der Waals surface area contributed by atoms with Gasteiger partial charge < -0.3 is 4.57 Å². The lowest BCUT2D eigenvalue weighted by Gasteiger charge is -2.26. The molecule has 3 heterocycles. The molecule has 0 radical (unpaired) electrons. The van der Waals surface area contributed by atoms with Gasteiger partial charge in [0.15, 0.2) is 0 Å². The van der Waals surface area contributed by atoms with Crippen LogP contribution in [0.3, 0.4) is 0 Å². The standard InChI is InChI=1S/C20H13ClN4O3/c21-13-5-7-14(8-6-13)24-10-2-4-15(24)11-17-18(26)23-20(28)25(19(17)27)16-3-1-9-22-12-16/h1-12H,(H,23,26,28). The van der Waals surface area contributed by atoms with Gasteiger partial charge in [0, 0.05) is 28.8 Å². The maximum Gasteiger partial charge on any atom is 0.336 e. The Morgan fingerprint density at radius 1 is 0.964 bits per heavy atom. The number of nitrogens with one attached hydrogen (secondary N) is 1. The van der Waals surface area contributed by atoms with Crippen molar-refractivity contribution in [3.05, 3.63) is 83.4 Å². The zero-order valence-electron chi connectivity index (χ0n) is 14.4. The van der Waals surface area contributed by atoms with Crippen molar-refractivity contribution in [3.8, 4) is 5.69 Å². The smallest absolute Gasteiger partial charge is 0.317 e. The molecule has 1 aromatic carbocycles. The number of carbonyl (C=O) groups is 3. The Morgan fingerprint density at radius 2 is 1.75 bits per heavy atom. The molecular formula is C20H13ClN4O3. The van der Waals surface area contributed by atoms with Gasteiger partial charge in [-0.05, 0) is 54.6 Å². The third kappa shape index (κ3) is 3.19. The first-order chi connectivity index (χ1) is 13.5. The topological polar surface area (TPSA) is 84.3 Å². The minimum atomic E-state index is -0.812. The number of amides is 4. The zero-order chi connectivity index (χ0) is 19.7. The number of carbonyl (C=O) groups excluding carboxylic acids is 3. The van der Waals surface area contributed by atoms with Gasteiger partial charge in [-0.2, -0.15) is 0 Å². The van der Waals surface area contributed by atoms with Crippen molar-refractivity contribution in [1.29, 1.82) is 0 Å². The summed E-state index contributed by atoms with van der Waals surface area (Å²) < 4.78 is 1.80. The summed E-state index contributed by atoms with van der Waals surface area (Å²) >= 11 is 5.93. The van der Waals surface area contributed by atoms with E-state index in [1.807, 2.05) is 12.1 Å². The molecule has 8 heteroatoms. The third-order valence-corrected chi connectivity index (χ3v) is 4.44. The second kappa shape index (κ2) is 7.13. The van der Waals surface area contributed by atoms with Crippen LogP contribution in [0.15, 0.2) is 72.7 Å². The van der Waals surface area contributed by atoms with E-state index >= 15 is 0 Å². The molecule has 0 unspecified atom stereocenters. The maximum absolute atomic E-state index is 12.9. The fourth-order valence-electron chi connectivity index (χ4n) is 2.87. The quantitative estimate of drug-likeness (QED) is 0.548. The molecule has 1 aliphatic rings. The number of hydrogen-bond acceptors (Lipinski definition) is 4. The highest BCUT2D eigenvalue weighted by atomic mass is 35.5. The summed E-state index contributed by atoms with van der Waals surface area (Å²) in [5.41, 5.74) is 1.53. The van der Waals surface area contributed by atoms with E-state index < -0.39 is 17.8 Å². The Bertz CT molecular complexity index is 1100. The van der Waals surface area contributed by atoms with Gasteiger partial charge >= 0.3 is 6.03 Å². The van der Waals surface area contributed by atoms with Crippen molar-refractivity contribution >= 4 is 41.2 Å². The molecule has 3 aromatic rings. The van der Waals surface area contributed by atoms with Crippen molar-refractivity contribution in [2.75, 3.05) is 4.90 Å². The average molecular weight is 393 g/mol. The van der Waals surface area contributed by atoms with E-state index in [0.29, 0.717) is 10.7 Å². The molecule has 1 fully saturated rings. The monoisotopic (exact) mass is 392 g/mol. The third-order valence-electron chi connectivity index (χ3n) is 4.18. The molecule has 1 saturated heterocycles. The van der Waals surface area contributed by atoms with Crippen LogP contribution in [0.2, 0.25) is 5.02 Å². The summed E-state index contributed by atoms with van der Waals surface area (Å²) in [4.78, 5) is 42.2. The van der Waals surface area contributed by atoms with Gasteiger partial charge in [0.05, 0.1) is 11.9 Å². The van der Waals surface area contributed by atoms with E-state index in [4.69, 9.17) is 11.6 Å². The fourth-order valence-corrected chi connectivity index (χ4v) is 3.00. The minimum Gasteiger partial charge on any atom is -0.317 e. The number of benzene rings is 1. The van der Waals surface area contributed by atoms with Crippen LogP contribution in [0.4, 0.5) is 10.5 Å². The Labute approximate surface area is 164 Å². The highest BCUT2D eigenvalue weighted by Gasteiger charge is 2.37. The molecule has 7 nitrogen and oxygen atoms in total. The first-order valence-corrected chi connectivity index (χ1v) is 8.67. The largest absolute Gasteiger partial charge is 0.336 e. The highest BCUT2D eigenvalue weighted by Crippen LogP contribution is 2.22. The van der Waals surface area contributed by atoms with Crippen LogP contribution in [-0.2, 0) is 9.59 Å². The number of aromatic nitrogens is 2. The molecule has 1 aliphatic heterocycles. The fraction of sp³-hybridized carbons (Fsp3) is 0. The van der Waals surface area contributed by atoms with E-state index in [1.165, 1.54) is 18.5 Å². The number of nitrogens with zero attached hydrogens (tertiary/aromatic N) is 3. The second-order valence-electron chi connectivity index (χ2n) is 5.95. The van der Waals surface area contributed by atoms with E-state index in [2.05, 4.69) is 10.3 Å². The van der Waals surface area contributed by atoms with Crippen LogP contribution in [0.5, 0.6) is 0 Å². The van der Waals surface area contributed by atoms with Crippen LogP contribution >= 0.6 is 11.6 Å². The maximum atomic E-state index is 12.9. The number of barbiturate groups is 1. The Morgan fingerprint density at radius 3 is 2.46 bits per heavy atom. The van der Waals surface area contributed by atoms with Crippen molar-refractivity contribution in [2.24, 2.45) is 0 Å². The molecule has 0 spiro atoms. The number of anilines is 1. The lowest BCUT2D eigenvalue weighted by molar-refractivity contribution is -0.122. The molecule has 28 heavy (non-hydrogen) atoms. The van der Waals surface area contributed by atoms with Gasteiger partial charge in [-0.25, -0.2) is 9.69 Å². The van der Waals surface area contributed by atoms with Crippen molar-refractivity contribution in [2.45, 2.75) is 0 Å². The SMILES string of the molecule is O=C1NC(=O)N(c2cccnc2)C(=O)C1=Cc1cccn1-c1ccc(Cl)cc1. The first-order valence-electron chi connectivity index (χ1n) is 8.29. The lowest BCUT2D eigenvalue weighted by atomic mass is 10.1. The Balaban J connectivity index is 1.74. The van der Waals surface area contributed by atoms with E-state index in [1.54, 1.807) is 47.2 Å². The van der Waals surface area contributed by atoms with Gasteiger partial charge in [-0.3, -0.25) is 19.9 Å². The van der Waals surface area contributed by atoms with Crippen LogP contribution in [-0.4, -0.2) is 27.4 Å². The molecule has 1 N–H and O–H groups in total. The minimum absolute atomic E-state index is 0.155. The summed E-state index contributed by atoms with van der Waals surface area (Å²) in [6.07, 6.45) is 6.14. The molecule has 2 aromatic heterocycles. The molecule has 0 bridgehead atoms. The Hall–Kier alpha value is -3.71. The van der Waals surface area contributed by atoms with Crippen LogP contribution in [0.1, 0.15) is 5.69 Å². The van der Waals surface area contributed by atoms with Gasteiger partial charge in [0.25, 0.3) is 11.8 Å². The Kier molecular flexibility index (Phi) is 4.50. The van der Waals surface area contributed by atoms with E-state index in [-0.39, 0.29) is 11.3 Å². The molecule has 0 aliphatic carbocycles. The summed E-state index contributed by atoms with van der Waals surface area (Å²) in [6.45, 7) is 0. The van der Waals surface area contributed by atoms with Gasteiger partial charge in [-0.15, -0.1) is 0 Å². The van der Waals surface area contributed by atoms with Crippen molar-refractivity contribution < 1.29 is 14.4 Å². The van der Waals surface area contributed by atoms with Crippen LogP contribution in [0.25, 0.3) is 11.8 Å². The molecule has 138 valence electrons. The summed E-state index contributed by atoms with van der Waals surface area (Å²) in [6, 6.07) is 13.0. The number of halogens is 1. The van der Waals surface area contributed by atoms with Gasteiger partial charge in [0.1, 0.15) is 5.57 Å². The van der Waals surface area contributed by atoms with E-state index in [0.717, 1.165) is 10.6 Å². The zero-order valence-corrected chi connectivity index (χ0v) is 15.1. The molecular weight excluding hydrogens is 380 g/mol. The summed E-state index contributed by atoms with van der Waals surface area (Å²) in [5.74, 6) is -1.47. The second-order valence-corrected chi connectivity index (χ2v) is 6.38. The number of rotatable bonds is 3. The van der Waals surface area contributed by atoms with Crippen molar-refractivity contribution in [1.82, 2.24) is 14.9 Å². The van der Waals surface area contributed by atoms with Crippen molar-refractivity contribution in [3.63, 3.8) is 0 Å². The van der Waals surface area contributed by atoms with Gasteiger partial charge in [0.2, 0.25) is 0 Å². The van der Waals surface area contributed by atoms with Gasteiger partial charge in [-0.1, -0.05) is 11.6 Å². The first kappa shape index (κ1) is 17.7. The number of imide groups is 2. The molecule has 4 amide bonds. The van der Waals surface area contributed by atoms with Crippen LogP contribution < -0.4 is 10.2 Å². The lowest BCUT2D eigenvalue weighted by Crippen LogP contribution is -2.54. The molecule has 0 atom stereocenters. The highest BCUT2D eigenvalue weighted by molar-refractivity contribution is 6.39. The van der Waals surface area contributed by atoms with Crippen LogP contribution in [0, 0.1) is 0 Å². The number of hydrogen-bond donors (Lipinski definition) is 1. The summed E-state index contributed by atoms with van der Waals surface area (Å²) in [7, 11) is 0. The predicted octanol–water partition coefficient (Wildman–Crippen LogP) is 3.19. The predicted molar refractivity (Wildman–Crippen MR) is 104 cm³/mol. The number of urea groups is 1. The van der Waals surface area contributed by atoms with E-state index in [9.17, 15) is 14.4 Å². The molecule has 4 rings (SSSR count). The number of pyridine rings is 1. The summed E-state index contributed by atoms with van der Waals surface area (Å²) in [5, 5.41) is 2.79. The normalized spacial score (nSPS) is 15.8. The average Bonchev–Trinajstić information content (AvgIpc) is 3.15. The molecule has 0 saturated carbocycles.